The molecule has 1 saturated carbocycles. The van der Waals surface area contributed by atoms with Crippen LogP contribution in [0, 0.1) is 23.2 Å². The number of aryl methyl sites for hydroxylation is 1. The van der Waals surface area contributed by atoms with Gasteiger partial charge in [0.15, 0.2) is 11.3 Å². The van der Waals surface area contributed by atoms with Gasteiger partial charge < -0.3 is 24.6 Å². The number of carbonyl (C=O) groups is 3. The lowest BCUT2D eigenvalue weighted by Crippen LogP contribution is -2.44. The summed E-state index contributed by atoms with van der Waals surface area (Å²) in [5.74, 6) is 6.16. The van der Waals surface area contributed by atoms with Gasteiger partial charge in [0.05, 0.1) is 40.6 Å². The van der Waals surface area contributed by atoms with Crippen LogP contribution < -0.4 is 21.2 Å². The van der Waals surface area contributed by atoms with E-state index in [1.807, 2.05) is 18.2 Å². The van der Waals surface area contributed by atoms with Gasteiger partial charge in [0, 0.05) is 71.8 Å². The van der Waals surface area contributed by atoms with E-state index in [1.54, 1.807) is 30.2 Å². The molecule has 1 unspecified atom stereocenters. The summed E-state index contributed by atoms with van der Waals surface area (Å²) in [5.41, 5.74) is 1.89. The number of piperidine rings is 2. The van der Waals surface area contributed by atoms with E-state index in [9.17, 15) is 28.0 Å². The van der Waals surface area contributed by atoms with Crippen molar-refractivity contribution in [1.82, 2.24) is 43.7 Å². The van der Waals surface area contributed by atoms with Crippen molar-refractivity contribution < 1.29 is 32.6 Å². The van der Waals surface area contributed by atoms with Crippen LogP contribution in [0.1, 0.15) is 111 Å². The lowest BCUT2D eigenvalue weighted by Gasteiger charge is -2.36. The largest absolute Gasteiger partial charge is 0.381 e. The van der Waals surface area contributed by atoms with Crippen LogP contribution in [-0.2, 0) is 26.1 Å². The van der Waals surface area contributed by atoms with Gasteiger partial charge in [-0.25, -0.2) is 23.1 Å². The number of nitrogens with zero attached hydrogens (tertiary/aromatic N) is 9. The summed E-state index contributed by atoms with van der Waals surface area (Å²) in [6, 6.07) is 6.53. The Balaban J connectivity index is 0.698. The monoisotopic (exact) mass is 907 g/mol. The van der Waals surface area contributed by atoms with Gasteiger partial charge in [-0.05, 0) is 93.7 Å². The van der Waals surface area contributed by atoms with Gasteiger partial charge in [0.25, 0.3) is 12.3 Å². The minimum atomic E-state index is -2.86. The second kappa shape index (κ2) is 18.4. The molecule has 1 spiro atoms. The van der Waals surface area contributed by atoms with E-state index >= 15 is 0 Å². The van der Waals surface area contributed by atoms with E-state index in [0.717, 1.165) is 110 Å². The number of hydrogen-bond acceptors (Lipinski definition) is 11. The summed E-state index contributed by atoms with van der Waals surface area (Å²) in [6.45, 7) is 6.31. The van der Waals surface area contributed by atoms with Crippen molar-refractivity contribution in [2.45, 2.75) is 95.2 Å². The first-order chi connectivity index (χ1) is 32.0. The van der Waals surface area contributed by atoms with Crippen LogP contribution in [0.4, 0.5) is 20.3 Å². The van der Waals surface area contributed by atoms with E-state index < -0.39 is 30.0 Å². The summed E-state index contributed by atoms with van der Waals surface area (Å²) in [6.07, 6.45) is 10.8. The molecular formula is C47H55F2N11O6. The molecule has 3 amide bonds. The predicted octanol–water partition coefficient (Wildman–Crippen LogP) is 5.02. The summed E-state index contributed by atoms with van der Waals surface area (Å²) >= 11 is 0. The van der Waals surface area contributed by atoms with Crippen LogP contribution in [0.5, 0.6) is 0 Å². The molecule has 4 saturated heterocycles. The first kappa shape index (κ1) is 43.9. The third kappa shape index (κ3) is 8.73. The molecule has 8 heterocycles. The number of ether oxygens (including phenoxy) is 2. The normalized spacial score (nSPS) is 22.9. The van der Waals surface area contributed by atoms with Crippen molar-refractivity contribution in [3.05, 3.63) is 70.2 Å². The number of likely N-dealkylation sites (tertiary alicyclic amines) is 1. The van der Waals surface area contributed by atoms with Gasteiger partial charge in [-0.1, -0.05) is 17.9 Å². The van der Waals surface area contributed by atoms with E-state index in [4.69, 9.17) is 14.5 Å². The molecule has 4 aromatic heterocycles. The molecule has 5 aromatic rings. The smallest absolute Gasteiger partial charge is 0.329 e. The molecule has 0 radical (unpaired) electrons. The minimum Gasteiger partial charge on any atom is -0.381 e. The number of halogens is 2. The zero-order valence-electron chi connectivity index (χ0n) is 37.1. The van der Waals surface area contributed by atoms with E-state index in [1.165, 1.54) is 19.8 Å². The number of aromatic nitrogens is 7. The summed E-state index contributed by atoms with van der Waals surface area (Å²) in [5, 5.41) is 13.7. The maximum Gasteiger partial charge on any atom is 0.329 e. The van der Waals surface area contributed by atoms with Gasteiger partial charge in [-0.3, -0.25) is 33.5 Å². The average molecular weight is 908 g/mol. The van der Waals surface area contributed by atoms with Gasteiger partial charge >= 0.3 is 5.69 Å². The van der Waals surface area contributed by atoms with Crippen LogP contribution in [0.25, 0.3) is 16.7 Å². The standard InChI is InChI=1S/C47H55F2N11O6/c1-55-41-31(4-2-6-36(41)60(46(55)64)37-11-12-39(61)53-45(37)63)5-3-23-66-33-13-19-56(20-14-33)27-30-7-9-32(10-8-30)59-28-35(40(54-59)42(48)49)51-44(62)34-26-50-58-21-15-38(52-43(34)58)57-22-16-47(29-57)17-24-65-25-18-47/h2,4,6,15,21,26,28,30,32-33,37,42H,7-14,16-20,22-25,27,29H2,1H3,(H,51,62)(H,53,61,63)/t30-,32-,37?. The number of benzene rings is 1. The summed E-state index contributed by atoms with van der Waals surface area (Å²) in [4.78, 5) is 60.8. The second-order valence-corrected chi connectivity index (χ2v) is 18.7. The summed E-state index contributed by atoms with van der Waals surface area (Å²) < 4.78 is 46.6. The highest BCUT2D eigenvalue weighted by molar-refractivity contribution is 6.08. The quantitative estimate of drug-likeness (QED) is 0.142. The van der Waals surface area contributed by atoms with Crippen molar-refractivity contribution in [3.63, 3.8) is 0 Å². The number of fused-ring (bicyclic) bond motifs is 2. The Hall–Kier alpha value is -5.97. The number of carbonyl (C=O) groups excluding carboxylic acids is 3. The zero-order valence-corrected chi connectivity index (χ0v) is 37.1. The topological polar surface area (TPSA) is 175 Å². The van der Waals surface area contributed by atoms with Crippen LogP contribution >= 0.6 is 0 Å². The zero-order chi connectivity index (χ0) is 45.5. The van der Waals surface area contributed by atoms with Crippen molar-refractivity contribution >= 4 is 45.9 Å². The van der Waals surface area contributed by atoms with Gasteiger partial charge in [-0.2, -0.15) is 10.2 Å². The van der Waals surface area contributed by atoms with Gasteiger partial charge in [0.1, 0.15) is 24.0 Å². The Labute approximate surface area is 379 Å². The van der Waals surface area contributed by atoms with Crippen LogP contribution in [0.3, 0.4) is 0 Å². The molecule has 1 atom stereocenters. The lowest BCUT2D eigenvalue weighted by molar-refractivity contribution is -0.135. The molecule has 66 heavy (non-hydrogen) atoms. The Bertz CT molecular complexity index is 2760. The molecule has 2 N–H and O–H groups in total. The van der Waals surface area contributed by atoms with Crippen molar-refractivity contribution in [2.24, 2.45) is 18.4 Å². The molecule has 348 valence electrons. The first-order valence-corrected chi connectivity index (χ1v) is 23.2. The average Bonchev–Trinajstić information content (AvgIpc) is 4.11. The van der Waals surface area contributed by atoms with E-state index in [0.29, 0.717) is 28.2 Å². The maximum atomic E-state index is 14.4. The molecule has 5 fully saturated rings. The molecule has 1 aromatic carbocycles. The number of anilines is 2. The highest BCUT2D eigenvalue weighted by Gasteiger charge is 2.40. The van der Waals surface area contributed by atoms with Gasteiger partial charge in [-0.15, -0.1) is 0 Å². The molecule has 10 rings (SSSR count). The van der Waals surface area contributed by atoms with Crippen molar-refractivity contribution in [3.8, 4) is 11.8 Å². The minimum absolute atomic E-state index is 0.00394. The van der Waals surface area contributed by atoms with Crippen molar-refractivity contribution in [2.75, 3.05) is 62.8 Å². The maximum absolute atomic E-state index is 14.4. The Morgan fingerprint density at radius 2 is 1.83 bits per heavy atom. The number of amides is 3. The van der Waals surface area contributed by atoms with E-state index in [-0.39, 0.29) is 59.9 Å². The second-order valence-electron chi connectivity index (χ2n) is 18.7. The number of para-hydroxylation sites is 1. The third-order valence-electron chi connectivity index (χ3n) is 14.6. The fourth-order valence-corrected chi connectivity index (χ4v) is 10.9. The number of imide groups is 1. The van der Waals surface area contributed by atoms with Crippen LogP contribution in [0.2, 0.25) is 0 Å². The lowest BCUT2D eigenvalue weighted by atomic mass is 9.80. The number of alkyl halides is 2. The number of rotatable bonds is 10. The first-order valence-electron chi connectivity index (χ1n) is 23.2. The van der Waals surface area contributed by atoms with Crippen molar-refractivity contribution in [1.29, 1.82) is 0 Å². The molecule has 5 aliphatic rings. The molecule has 1 aliphatic carbocycles. The Kier molecular flexibility index (Phi) is 12.2. The van der Waals surface area contributed by atoms with Crippen LogP contribution in [-0.4, -0.2) is 115 Å². The highest BCUT2D eigenvalue weighted by Crippen LogP contribution is 2.41. The fourth-order valence-electron chi connectivity index (χ4n) is 10.9. The molecule has 19 heteroatoms. The Morgan fingerprint density at radius 3 is 2.61 bits per heavy atom. The third-order valence-corrected chi connectivity index (χ3v) is 14.6. The summed E-state index contributed by atoms with van der Waals surface area (Å²) in [7, 11) is 1.66. The fraction of sp³-hybridized carbons (Fsp3) is 0.553. The number of nitrogens with one attached hydrogen (secondary N) is 2. The number of hydrogen-bond donors (Lipinski definition) is 2. The molecule has 17 nitrogen and oxygen atoms in total. The SMILES string of the molecule is Cn1c(=O)n(C2CCC(=O)NC2=O)c2cccc(C#CCOC3CCN(C[C@H]4CC[C@H](n5cc(NC(=O)c6cnn7ccc(N8CCC9(CCOCC9)C8)nc67)c(C(F)F)n5)CC4)CC3)c21. The van der Waals surface area contributed by atoms with Gasteiger partial charge in [0.2, 0.25) is 11.8 Å². The van der Waals surface area contributed by atoms with Crippen LogP contribution in [0.15, 0.2) is 47.7 Å². The Morgan fingerprint density at radius 1 is 1.03 bits per heavy atom. The van der Waals surface area contributed by atoms with E-state index in [2.05, 4.69) is 42.5 Å². The highest BCUT2D eigenvalue weighted by atomic mass is 19.3. The number of imidazole rings is 1. The predicted molar refractivity (Wildman–Crippen MR) is 239 cm³/mol. The molecular weight excluding hydrogens is 853 g/mol. The molecule has 0 bridgehead atoms. The molecule has 4 aliphatic heterocycles.